The van der Waals surface area contributed by atoms with Gasteiger partial charge in [-0.3, -0.25) is 20.2 Å². The van der Waals surface area contributed by atoms with Gasteiger partial charge in [0.2, 0.25) is 0 Å². The molecule has 1 N–H and O–H groups in total. The molecular weight excluding hydrogens is 276 g/mol. The first kappa shape index (κ1) is 14.3. The maximum atomic E-state index is 12.1. The fourth-order valence-corrected chi connectivity index (χ4v) is 1.72. The summed E-state index contributed by atoms with van der Waals surface area (Å²) in [6, 6.07) is 4.28. The minimum atomic E-state index is -0.537. The molecule has 0 spiro atoms. The summed E-state index contributed by atoms with van der Waals surface area (Å²) in [4.78, 5) is 23.7. The number of anilines is 1. The first-order valence-corrected chi connectivity index (χ1v) is 5.97. The van der Waals surface area contributed by atoms with E-state index in [1.54, 1.807) is 6.08 Å². The Morgan fingerprint density at radius 1 is 1.57 bits per heavy atom. The number of carbonyl (C=O) groups excluding carboxylic acids is 1. The van der Waals surface area contributed by atoms with Gasteiger partial charge < -0.3 is 0 Å². The predicted octanol–water partition coefficient (Wildman–Crippen LogP) is 1.33. The minimum Gasteiger partial charge on any atom is -0.288 e. The molecule has 0 saturated heterocycles. The van der Waals surface area contributed by atoms with Gasteiger partial charge in [-0.2, -0.15) is 4.80 Å². The maximum absolute atomic E-state index is 12.1. The van der Waals surface area contributed by atoms with E-state index in [1.165, 1.54) is 29.9 Å². The van der Waals surface area contributed by atoms with E-state index in [9.17, 15) is 14.9 Å². The van der Waals surface area contributed by atoms with Crippen LogP contribution in [-0.4, -0.2) is 31.0 Å². The van der Waals surface area contributed by atoms with E-state index in [-0.39, 0.29) is 22.8 Å². The standard InChI is InChI=1S/C12H12N6O3/c1-3-7-17-15-12(14-16-17)13-11(19)9-5-4-6-10(8(9)2)18(20)21/h3-6H,1,7H2,2H3,(H,13,15,19). The Kier molecular flexibility index (Phi) is 4.02. The van der Waals surface area contributed by atoms with Crippen molar-refractivity contribution in [1.29, 1.82) is 0 Å². The number of nitro benzene ring substituents is 1. The minimum absolute atomic E-state index is 0.0211. The van der Waals surface area contributed by atoms with Gasteiger partial charge in [0.05, 0.1) is 11.5 Å². The van der Waals surface area contributed by atoms with Crippen LogP contribution in [0.2, 0.25) is 0 Å². The van der Waals surface area contributed by atoms with Gasteiger partial charge in [-0.15, -0.1) is 11.7 Å². The first-order chi connectivity index (χ1) is 10.0. The van der Waals surface area contributed by atoms with Gasteiger partial charge in [0.1, 0.15) is 0 Å². The molecule has 9 nitrogen and oxygen atoms in total. The van der Waals surface area contributed by atoms with Crippen LogP contribution in [0, 0.1) is 17.0 Å². The number of nitrogens with one attached hydrogen (secondary N) is 1. The number of nitrogens with zero attached hydrogens (tertiary/aromatic N) is 5. The van der Waals surface area contributed by atoms with E-state index in [4.69, 9.17) is 0 Å². The Bertz CT molecular complexity index is 709. The van der Waals surface area contributed by atoms with E-state index in [2.05, 4.69) is 27.3 Å². The van der Waals surface area contributed by atoms with Crippen LogP contribution < -0.4 is 5.32 Å². The van der Waals surface area contributed by atoms with Crippen LogP contribution in [0.4, 0.5) is 11.6 Å². The summed E-state index contributed by atoms with van der Waals surface area (Å²) in [6.45, 7) is 5.40. The lowest BCUT2D eigenvalue weighted by molar-refractivity contribution is -0.385. The highest BCUT2D eigenvalue weighted by Crippen LogP contribution is 2.21. The summed E-state index contributed by atoms with van der Waals surface area (Å²) in [5.74, 6) is -0.512. The summed E-state index contributed by atoms with van der Waals surface area (Å²) in [5, 5.41) is 24.6. The van der Waals surface area contributed by atoms with Crippen LogP contribution in [0.1, 0.15) is 15.9 Å². The van der Waals surface area contributed by atoms with Crippen LogP contribution in [0.15, 0.2) is 30.9 Å². The van der Waals surface area contributed by atoms with Crippen molar-refractivity contribution < 1.29 is 9.72 Å². The molecule has 1 aromatic heterocycles. The van der Waals surface area contributed by atoms with E-state index in [1.807, 2.05) is 0 Å². The lowest BCUT2D eigenvalue weighted by Crippen LogP contribution is -2.15. The normalized spacial score (nSPS) is 10.1. The number of benzene rings is 1. The Morgan fingerprint density at radius 3 is 3.00 bits per heavy atom. The molecule has 0 bridgehead atoms. The third-order valence-corrected chi connectivity index (χ3v) is 2.72. The average Bonchev–Trinajstić information content (AvgIpc) is 2.86. The number of allylic oxidation sites excluding steroid dienone is 1. The number of rotatable bonds is 5. The van der Waals surface area contributed by atoms with Gasteiger partial charge in [0, 0.05) is 17.2 Å². The van der Waals surface area contributed by atoms with Crippen molar-refractivity contribution >= 4 is 17.5 Å². The van der Waals surface area contributed by atoms with Gasteiger partial charge in [-0.25, -0.2) is 0 Å². The Balaban J connectivity index is 2.22. The zero-order valence-electron chi connectivity index (χ0n) is 11.2. The van der Waals surface area contributed by atoms with Gasteiger partial charge >= 0.3 is 0 Å². The number of carbonyl (C=O) groups is 1. The van der Waals surface area contributed by atoms with Crippen molar-refractivity contribution in [1.82, 2.24) is 20.2 Å². The zero-order chi connectivity index (χ0) is 15.4. The maximum Gasteiger partial charge on any atom is 0.273 e. The van der Waals surface area contributed by atoms with Crippen molar-refractivity contribution in [2.75, 3.05) is 5.32 Å². The Morgan fingerprint density at radius 2 is 2.33 bits per heavy atom. The molecule has 0 aliphatic rings. The number of hydrogen-bond donors (Lipinski definition) is 1. The second-order valence-corrected chi connectivity index (χ2v) is 4.12. The molecule has 1 amide bonds. The number of amides is 1. The Hall–Kier alpha value is -3.10. The van der Waals surface area contributed by atoms with Crippen LogP contribution in [0.25, 0.3) is 0 Å². The molecule has 0 unspecified atom stereocenters. The van der Waals surface area contributed by atoms with Crippen molar-refractivity contribution in [2.24, 2.45) is 0 Å². The average molecular weight is 288 g/mol. The van der Waals surface area contributed by atoms with Crippen molar-refractivity contribution in [3.63, 3.8) is 0 Å². The third kappa shape index (κ3) is 3.08. The van der Waals surface area contributed by atoms with Crippen LogP contribution in [0.3, 0.4) is 0 Å². The zero-order valence-corrected chi connectivity index (χ0v) is 11.2. The van der Waals surface area contributed by atoms with Gasteiger partial charge in [0.15, 0.2) is 0 Å². The van der Waals surface area contributed by atoms with Gasteiger partial charge in [-0.05, 0) is 18.2 Å². The van der Waals surface area contributed by atoms with E-state index < -0.39 is 10.8 Å². The third-order valence-electron chi connectivity index (χ3n) is 2.72. The molecule has 0 saturated carbocycles. The van der Waals surface area contributed by atoms with E-state index >= 15 is 0 Å². The molecule has 0 radical (unpaired) electrons. The van der Waals surface area contributed by atoms with Crippen molar-refractivity contribution in [3.8, 4) is 0 Å². The summed E-state index contributed by atoms with van der Waals surface area (Å²) < 4.78 is 0. The fraction of sp³-hybridized carbons (Fsp3) is 0.167. The number of tetrazole rings is 1. The molecule has 108 valence electrons. The first-order valence-electron chi connectivity index (χ1n) is 5.97. The summed E-state index contributed by atoms with van der Waals surface area (Å²) >= 11 is 0. The predicted molar refractivity (Wildman–Crippen MR) is 73.8 cm³/mol. The molecule has 0 atom stereocenters. The second-order valence-electron chi connectivity index (χ2n) is 4.12. The molecule has 2 rings (SSSR count). The van der Waals surface area contributed by atoms with Crippen LogP contribution in [0.5, 0.6) is 0 Å². The molecule has 1 heterocycles. The molecule has 0 fully saturated rings. The lowest BCUT2D eigenvalue weighted by Gasteiger charge is -2.04. The van der Waals surface area contributed by atoms with E-state index in [0.29, 0.717) is 6.54 Å². The van der Waals surface area contributed by atoms with Crippen molar-refractivity contribution in [2.45, 2.75) is 13.5 Å². The molecule has 9 heteroatoms. The molecule has 21 heavy (non-hydrogen) atoms. The number of nitro groups is 1. The molecular formula is C12H12N6O3. The molecule has 1 aromatic carbocycles. The molecule has 0 aliphatic carbocycles. The molecule has 0 aliphatic heterocycles. The van der Waals surface area contributed by atoms with Crippen LogP contribution >= 0.6 is 0 Å². The smallest absolute Gasteiger partial charge is 0.273 e. The second kappa shape index (κ2) is 5.90. The monoisotopic (exact) mass is 288 g/mol. The number of aromatic nitrogens is 4. The quantitative estimate of drug-likeness (QED) is 0.504. The summed E-state index contributed by atoms with van der Waals surface area (Å²) in [6.07, 6.45) is 1.58. The highest BCUT2D eigenvalue weighted by atomic mass is 16.6. The summed E-state index contributed by atoms with van der Waals surface area (Å²) in [7, 11) is 0. The van der Waals surface area contributed by atoms with Gasteiger partial charge in [-0.1, -0.05) is 17.2 Å². The topological polar surface area (TPSA) is 116 Å². The van der Waals surface area contributed by atoms with E-state index in [0.717, 1.165) is 0 Å². The lowest BCUT2D eigenvalue weighted by atomic mass is 10.1. The highest BCUT2D eigenvalue weighted by molar-refractivity contribution is 6.04. The number of hydrogen-bond acceptors (Lipinski definition) is 6. The SMILES string of the molecule is C=CCn1nnc(NC(=O)c2cccc([N+](=O)[O-])c2C)n1. The van der Waals surface area contributed by atoms with Gasteiger partial charge in [0.25, 0.3) is 17.5 Å². The van der Waals surface area contributed by atoms with Crippen molar-refractivity contribution in [3.05, 3.63) is 52.1 Å². The Labute approximate surface area is 119 Å². The molecule has 2 aromatic rings. The summed E-state index contributed by atoms with van der Waals surface area (Å²) in [5.41, 5.74) is 0.341. The highest BCUT2D eigenvalue weighted by Gasteiger charge is 2.19. The van der Waals surface area contributed by atoms with Crippen LogP contribution in [-0.2, 0) is 6.54 Å². The fourth-order valence-electron chi connectivity index (χ4n) is 1.72. The largest absolute Gasteiger partial charge is 0.288 e.